The number of aromatic amines is 1. The molecule has 3 aromatic rings. The van der Waals surface area contributed by atoms with Gasteiger partial charge < -0.3 is 19.9 Å². The van der Waals surface area contributed by atoms with Crippen LogP contribution in [-0.2, 0) is 4.79 Å². The van der Waals surface area contributed by atoms with Gasteiger partial charge in [0.15, 0.2) is 18.1 Å². The number of aromatic nitrogens is 3. The van der Waals surface area contributed by atoms with E-state index in [1.807, 2.05) is 31.4 Å². The molecule has 166 valence electrons. The van der Waals surface area contributed by atoms with Gasteiger partial charge in [-0.05, 0) is 54.3 Å². The summed E-state index contributed by atoms with van der Waals surface area (Å²) in [4.78, 5) is 26.7. The van der Waals surface area contributed by atoms with E-state index in [0.717, 1.165) is 21.3 Å². The average molecular weight is 520 g/mol. The van der Waals surface area contributed by atoms with Crippen molar-refractivity contribution in [3.05, 3.63) is 56.8 Å². The van der Waals surface area contributed by atoms with Crippen molar-refractivity contribution in [1.82, 2.24) is 10.1 Å². The fraction of sp³-hybridized carbons (Fsp3) is 0.238. The predicted octanol–water partition coefficient (Wildman–Crippen LogP) is 3.04. The summed E-state index contributed by atoms with van der Waals surface area (Å²) < 4.78 is 13.5. The second-order valence-electron chi connectivity index (χ2n) is 6.81. The van der Waals surface area contributed by atoms with Gasteiger partial charge in [0.25, 0.3) is 6.17 Å². The van der Waals surface area contributed by atoms with Crippen molar-refractivity contribution >= 4 is 39.3 Å². The van der Waals surface area contributed by atoms with Gasteiger partial charge in [0, 0.05) is 15.1 Å². The van der Waals surface area contributed by atoms with Crippen molar-refractivity contribution in [1.29, 1.82) is 0 Å². The lowest BCUT2D eigenvalue weighted by molar-refractivity contribution is -0.759. The fourth-order valence-electron chi connectivity index (χ4n) is 3.45. The highest BCUT2D eigenvalue weighted by Gasteiger charge is 2.38. The minimum Gasteiger partial charge on any atom is -0.490 e. The summed E-state index contributed by atoms with van der Waals surface area (Å²) in [6, 6.07) is 10.9. The number of fused-ring (bicyclic) bond motifs is 3. The molecule has 1 aliphatic heterocycles. The Balaban J connectivity index is 1.85. The monoisotopic (exact) mass is 519 g/mol. The van der Waals surface area contributed by atoms with Crippen LogP contribution in [0.25, 0.3) is 11.3 Å². The van der Waals surface area contributed by atoms with E-state index >= 15 is 0 Å². The van der Waals surface area contributed by atoms with Gasteiger partial charge >= 0.3 is 17.2 Å². The number of thioether (sulfide) groups is 1. The first-order valence-corrected chi connectivity index (χ1v) is 11.7. The molecule has 2 heterocycles. The normalized spacial score (nSPS) is 14.2. The molecule has 1 atom stereocenters. The third-order valence-electron chi connectivity index (χ3n) is 4.76. The summed E-state index contributed by atoms with van der Waals surface area (Å²) in [7, 11) is 0. The number of anilines is 1. The highest BCUT2D eigenvalue weighted by atomic mass is 79.9. The number of benzene rings is 2. The topological polar surface area (TPSA) is 117 Å². The van der Waals surface area contributed by atoms with Crippen LogP contribution in [0.15, 0.2) is 50.8 Å². The first-order valence-electron chi connectivity index (χ1n) is 9.69. The Bertz CT molecular complexity index is 1250. The van der Waals surface area contributed by atoms with Gasteiger partial charge in [-0.2, -0.15) is 0 Å². The molecule has 3 N–H and O–H groups in total. The summed E-state index contributed by atoms with van der Waals surface area (Å²) in [6.45, 7) is 1.73. The van der Waals surface area contributed by atoms with Crippen LogP contribution >= 0.6 is 27.7 Å². The lowest BCUT2D eigenvalue weighted by atomic mass is 10.0. The number of halogens is 1. The lowest BCUT2D eigenvalue weighted by Gasteiger charge is -2.23. The van der Waals surface area contributed by atoms with Crippen LogP contribution in [0.5, 0.6) is 11.5 Å². The van der Waals surface area contributed by atoms with Crippen LogP contribution in [0, 0.1) is 0 Å². The summed E-state index contributed by atoms with van der Waals surface area (Å²) in [6.07, 6.45) is 1.34. The van der Waals surface area contributed by atoms with Gasteiger partial charge in [-0.1, -0.05) is 27.7 Å². The molecule has 0 fully saturated rings. The van der Waals surface area contributed by atoms with Crippen LogP contribution < -0.4 is 25.0 Å². The van der Waals surface area contributed by atoms with E-state index in [4.69, 9.17) is 14.6 Å². The van der Waals surface area contributed by atoms with Gasteiger partial charge in [-0.25, -0.2) is 4.79 Å². The molecule has 0 aliphatic carbocycles. The predicted molar refractivity (Wildman–Crippen MR) is 122 cm³/mol. The first-order chi connectivity index (χ1) is 15.4. The maximum atomic E-state index is 13.0. The smallest absolute Gasteiger partial charge is 0.341 e. The number of nitrogens with zero attached hydrogens (tertiary/aromatic N) is 2. The molecular weight excluding hydrogens is 500 g/mol. The second-order valence-corrected chi connectivity index (χ2v) is 8.53. The third-order valence-corrected chi connectivity index (χ3v) is 5.83. The summed E-state index contributed by atoms with van der Waals surface area (Å²) in [5, 5.41) is 17.5. The van der Waals surface area contributed by atoms with Crippen molar-refractivity contribution in [2.24, 2.45) is 0 Å². The number of rotatable bonds is 7. The Hall–Kier alpha value is -3.05. The fourth-order valence-corrected chi connectivity index (χ4v) is 4.18. The molecule has 0 saturated carbocycles. The largest absolute Gasteiger partial charge is 0.490 e. The quantitative estimate of drug-likeness (QED) is 0.322. The average Bonchev–Trinajstić information content (AvgIpc) is 2.77. The number of hydrogen-bond donors (Lipinski definition) is 3. The molecule has 1 aliphatic rings. The van der Waals surface area contributed by atoms with Crippen molar-refractivity contribution < 1.29 is 24.1 Å². The zero-order valence-corrected chi connectivity index (χ0v) is 19.6. The molecule has 4 rings (SSSR count). The van der Waals surface area contributed by atoms with Crippen LogP contribution in [0.4, 0.5) is 5.69 Å². The van der Waals surface area contributed by atoms with Gasteiger partial charge in [0.1, 0.15) is 0 Å². The summed E-state index contributed by atoms with van der Waals surface area (Å²) in [5.74, 6) is -0.343. The van der Waals surface area contributed by atoms with Gasteiger partial charge in [0.2, 0.25) is 5.16 Å². The number of nitrogens with one attached hydrogen (secondary N) is 2. The zero-order valence-electron chi connectivity index (χ0n) is 17.2. The van der Waals surface area contributed by atoms with E-state index in [9.17, 15) is 9.59 Å². The minimum atomic E-state index is -1.08. The maximum absolute atomic E-state index is 13.0. The van der Waals surface area contributed by atoms with Gasteiger partial charge in [-0.3, -0.25) is 9.78 Å². The van der Waals surface area contributed by atoms with Crippen molar-refractivity contribution in [3.8, 4) is 22.8 Å². The SMILES string of the molecule is CCOc1cc([C@H]2Nc3ccc(Br)cc3-c3c(=O)[nH]c(SC)n[n+]32)ccc1OCC(=O)O. The van der Waals surface area contributed by atoms with Gasteiger partial charge in [-0.15, -0.1) is 0 Å². The first kappa shape index (κ1) is 22.2. The highest BCUT2D eigenvalue weighted by molar-refractivity contribution is 9.10. The van der Waals surface area contributed by atoms with Crippen LogP contribution in [-0.4, -0.2) is 40.6 Å². The standard InChI is InChI=1S/C21H19BrN4O5S/c1-3-30-16-8-11(4-7-15(16)31-10-17(27)28)19-23-14-6-5-12(22)9-13(14)18-20(29)24-21(32-2)25-26(18)19/h4-9,19H,3,10H2,1-2H3,(H2,24,25,27,28,29)/p+1/t19-/m0/s1. The number of hydrogen-bond acceptors (Lipinski definition) is 7. The van der Waals surface area contributed by atoms with Crippen molar-refractivity contribution in [2.75, 3.05) is 24.8 Å². The molecule has 2 aromatic carbocycles. The van der Waals surface area contributed by atoms with E-state index in [2.05, 4.69) is 31.3 Å². The second kappa shape index (κ2) is 9.21. The van der Waals surface area contributed by atoms with E-state index < -0.39 is 18.7 Å². The number of carbonyl (C=O) groups is 1. The Morgan fingerprint density at radius 3 is 2.78 bits per heavy atom. The molecule has 0 bridgehead atoms. The molecule has 9 nitrogen and oxygen atoms in total. The van der Waals surface area contributed by atoms with Crippen molar-refractivity contribution in [3.63, 3.8) is 0 Å². The summed E-state index contributed by atoms with van der Waals surface area (Å²) >= 11 is 4.80. The number of H-pyrrole nitrogens is 1. The van der Waals surface area contributed by atoms with E-state index in [-0.39, 0.29) is 5.56 Å². The number of carboxylic acids is 1. The Morgan fingerprint density at radius 2 is 2.06 bits per heavy atom. The lowest BCUT2D eigenvalue weighted by Crippen LogP contribution is -2.55. The molecule has 32 heavy (non-hydrogen) atoms. The summed E-state index contributed by atoms with van der Waals surface area (Å²) in [5.41, 5.74) is 2.45. The molecule has 0 saturated heterocycles. The Kier molecular flexibility index (Phi) is 6.38. The molecule has 1 aromatic heterocycles. The third kappa shape index (κ3) is 4.30. The molecule has 11 heteroatoms. The zero-order chi connectivity index (χ0) is 22.8. The molecule has 0 radical (unpaired) electrons. The minimum absolute atomic E-state index is 0.248. The van der Waals surface area contributed by atoms with Crippen LogP contribution in [0.1, 0.15) is 18.7 Å². The van der Waals surface area contributed by atoms with Gasteiger partial charge in [0.05, 0.1) is 17.9 Å². The molecular formula is C21H20BrN4O5S+. The molecule has 0 spiro atoms. The Labute approximate surface area is 195 Å². The van der Waals surface area contributed by atoms with Crippen LogP contribution in [0.2, 0.25) is 0 Å². The molecule has 0 amide bonds. The van der Waals surface area contributed by atoms with Crippen LogP contribution in [0.3, 0.4) is 0 Å². The number of aliphatic carboxylic acids is 1. The number of ether oxygens (including phenoxy) is 2. The molecule has 0 unspecified atom stereocenters. The Morgan fingerprint density at radius 1 is 1.25 bits per heavy atom. The van der Waals surface area contributed by atoms with Crippen molar-refractivity contribution in [2.45, 2.75) is 18.2 Å². The highest BCUT2D eigenvalue weighted by Crippen LogP contribution is 2.36. The maximum Gasteiger partial charge on any atom is 0.341 e. The van der Waals surface area contributed by atoms with E-state index in [1.54, 1.807) is 22.9 Å². The number of carboxylic acid groups (broad SMARTS) is 1. The van der Waals surface area contributed by atoms with E-state index in [0.29, 0.717) is 29.0 Å². The van der Waals surface area contributed by atoms with E-state index in [1.165, 1.54) is 11.8 Å².